The Balaban J connectivity index is 2.14. The lowest BCUT2D eigenvalue weighted by Crippen LogP contribution is -2.08. The third kappa shape index (κ3) is 1.81. The van der Waals surface area contributed by atoms with Crippen LogP contribution < -0.4 is 5.32 Å². The summed E-state index contributed by atoms with van der Waals surface area (Å²) in [6, 6.07) is 2.12. The highest BCUT2D eigenvalue weighted by atomic mass is 16.3. The van der Waals surface area contributed by atoms with Crippen molar-refractivity contribution in [2.45, 2.75) is 18.8 Å². The molecule has 4 heteroatoms. The zero-order valence-corrected chi connectivity index (χ0v) is 8.53. The molecule has 0 aromatic carbocycles. The first-order chi connectivity index (χ1) is 6.81. The molecule has 1 unspecified atom stereocenters. The molecule has 1 atom stereocenters. The van der Waals surface area contributed by atoms with Gasteiger partial charge < -0.3 is 10.4 Å². The first-order valence-corrected chi connectivity index (χ1v) is 5.15. The fourth-order valence-corrected chi connectivity index (χ4v) is 1.99. The van der Waals surface area contributed by atoms with Crippen molar-refractivity contribution in [2.24, 2.45) is 7.05 Å². The number of aromatic nitrogens is 2. The summed E-state index contributed by atoms with van der Waals surface area (Å²) in [6.07, 6.45) is 1.87. The molecule has 1 aliphatic heterocycles. The van der Waals surface area contributed by atoms with Crippen LogP contribution in [0.2, 0.25) is 0 Å². The molecule has 1 aliphatic rings. The maximum atomic E-state index is 8.87. The summed E-state index contributed by atoms with van der Waals surface area (Å²) in [5.74, 6) is 0.564. The molecule has 0 amide bonds. The molecule has 2 rings (SSSR count). The number of rotatable bonds is 3. The number of aliphatic hydroxyl groups excluding tert-OH is 1. The Morgan fingerprint density at radius 2 is 2.57 bits per heavy atom. The van der Waals surface area contributed by atoms with Gasteiger partial charge >= 0.3 is 0 Å². The molecule has 0 aliphatic carbocycles. The molecule has 1 saturated heterocycles. The molecule has 0 radical (unpaired) electrons. The van der Waals surface area contributed by atoms with Gasteiger partial charge in [-0.25, -0.2) is 0 Å². The van der Waals surface area contributed by atoms with Crippen LogP contribution in [0.1, 0.15) is 23.7 Å². The Bertz CT molecular complexity index is 302. The first-order valence-electron chi connectivity index (χ1n) is 5.15. The SMILES string of the molecule is Cn1nc(C2CCNC2)cc1CCO. The summed E-state index contributed by atoms with van der Waals surface area (Å²) in [7, 11) is 1.94. The second-order valence-corrected chi connectivity index (χ2v) is 3.85. The Kier molecular flexibility index (Phi) is 2.84. The van der Waals surface area contributed by atoms with Gasteiger partial charge in [-0.05, 0) is 19.0 Å². The first kappa shape index (κ1) is 9.68. The van der Waals surface area contributed by atoms with Gasteiger partial charge in [-0.3, -0.25) is 4.68 Å². The molecule has 0 bridgehead atoms. The summed E-state index contributed by atoms with van der Waals surface area (Å²) < 4.78 is 1.88. The zero-order chi connectivity index (χ0) is 9.97. The van der Waals surface area contributed by atoms with Gasteiger partial charge in [-0.15, -0.1) is 0 Å². The quantitative estimate of drug-likeness (QED) is 0.715. The molecule has 2 N–H and O–H groups in total. The summed E-state index contributed by atoms with van der Waals surface area (Å²) in [5, 5.41) is 16.7. The highest BCUT2D eigenvalue weighted by molar-refractivity contribution is 5.16. The standard InChI is InChI=1S/C10H17N3O/c1-13-9(3-5-14)6-10(12-13)8-2-4-11-7-8/h6,8,11,14H,2-5,7H2,1H3. The van der Waals surface area contributed by atoms with Gasteiger partial charge in [0, 0.05) is 38.2 Å². The van der Waals surface area contributed by atoms with Crippen molar-refractivity contribution in [2.75, 3.05) is 19.7 Å². The minimum atomic E-state index is 0.196. The topological polar surface area (TPSA) is 50.1 Å². The molecule has 78 valence electrons. The molecule has 1 aromatic heterocycles. The summed E-state index contributed by atoms with van der Waals surface area (Å²) in [5.41, 5.74) is 2.29. The van der Waals surface area contributed by atoms with Gasteiger partial charge in [0.2, 0.25) is 0 Å². The predicted molar refractivity (Wildman–Crippen MR) is 54.2 cm³/mol. The number of nitrogens with zero attached hydrogens (tertiary/aromatic N) is 2. The Labute approximate surface area is 83.9 Å². The Morgan fingerprint density at radius 1 is 1.71 bits per heavy atom. The van der Waals surface area contributed by atoms with E-state index in [-0.39, 0.29) is 6.61 Å². The average molecular weight is 195 g/mol. The Hall–Kier alpha value is -0.870. The van der Waals surface area contributed by atoms with E-state index in [4.69, 9.17) is 5.11 Å². The van der Waals surface area contributed by atoms with E-state index in [1.165, 1.54) is 12.1 Å². The fourth-order valence-electron chi connectivity index (χ4n) is 1.99. The van der Waals surface area contributed by atoms with E-state index >= 15 is 0 Å². The lowest BCUT2D eigenvalue weighted by molar-refractivity contribution is 0.296. The average Bonchev–Trinajstić information content (AvgIpc) is 2.76. The summed E-state index contributed by atoms with van der Waals surface area (Å²) in [4.78, 5) is 0. The number of aryl methyl sites for hydroxylation is 1. The molecule has 1 aromatic rings. The van der Waals surface area contributed by atoms with Crippen LogP contribution in [-0.2, 0) is 13.5 Å². The van der Waals surface area contributed by atoms with Crippen LogP contribution >= 0.6 is 0 Å². The normalized spacial score (nSPS) is 21.7. The van der Waals surface area contributed by atoms with Crippen molar-refractivity contribution in [3.05, 3.63) is 17.5 Å². The third-order valence-corrected chi connectivity index (χ3v) is 2.84. The summed E-state index contributed by atoms with van der Waals surface area (Å²) in [6.45, 7) is 2.33. The van der Waals surface area contributed by atoms with Crippen LogP contribution in [-0.4, -0.2) is 34.6 Å². The molecular formula is C10H17N3O. The van der Waals surface area contributed by atoms with Crippen molar-refractivity contribution in [3.8, 4) is 0 Å². The number of nitrogens with one attached hydrogen (secondary N) is 1. The van der Waals surface area contributed by atoms with E-state index in [1.54, 1.807) is 0 Å². The van der Waals surface area contributed by atoms with Crippen LogP contribution in [0, 0.1) is 0 Å². The summed E-state index contributed by atoms with van der Waals surface area (Å²) >= 11 is 0. The van der Waals surface area contributed by atoms with E-state index in [9.17, 15) is 0 Å². The minimum Gasteiger partial charge on any atom is -0.396 e. The molecule has 14 heavy (non-hydrogen) atoms. The Morgan fingerprint density at radius 3 is 3.21 bits per heavy atom. The highest BCUT2D eigenvalue weighted by Crippen LogP contribution is 2.21. The smallest absolute Gasteiger partial charge is 0.0671 e. The van der Waals surface area contributed by atoms with Gasteiger partial charge in [0.25, 0.3) is 0 Å². The molecule has 0 saturated carbocycles. The van der Waals surface area contributed by atoms with Gasteiger partial charge in [0.1, 0.15) is 0 Å². The number of aliphatic hydroxyl groups is 1. The van der Waals surface area contributed by atoms with Crippen molar-refractivity contribution in [1.29, 1.82) is 0 Å². The fraction of sp³-hybridized carbons (Fsp3) is 0.700. The van der Waals surface area contributed by atoms with Gasteiger partial charge in [0.05, 0.1) is 5.69 Å². The third-order valence-electron chi connectivity index (χ3n) is 2.84. The molecule has 1 fully saturated rings. The van der Waals surface area contributed by atoms with E-state index in [2.05, 4.69) is 16.5 Å². The van der Waals surface area contributed by atoms with Gasteiger partial charge in [-0.2, -0.15) is 5.10 Å². The lowest BCUT2D eigenvalue weighted by Gasteiger charge is -2.01. The molecular weight excluding hydrogens is 178 g/mol. The van der Waals surface area contributed by atoms with Gasteiger partial charge in [-0.1, -0.05) is 0 Å². The lowest BCUT2D eigenvalue weighted by atomic mass is 10.0. The van der Waals surface area contributed by atoms with Crippen molar-refractivity contribution in [1.82, 2.24) is 15.1 Å². The van der Waals surface area contributed by atoms with Crippen LogP contribution in [0.4, 0.5) is 0 Å². The maximum Gasteiger partial charge on any atom is 0.0671 e. The maximum absolute atomic E-state index is 8.87. The van der Waals surface area contributed by atoms with Gasteiger partial charge in [0.15, 0.2) is 0 Å². The van der Waals surface area contributed by atoms with Crippen LogP contribution in [0.3, 0.4) is 0 Å². The zero-order valence-electron chi connectivity index (χ0n) is 8.53. The second kappa shape index (κ2) is 4.11. The second-order valence-electron chi connectivity index (χ2n) is 3.85. The highest BCUT2D eigenvalue weighted by Gasteiger charge is 2.19. The van der Waals surface area contributed by atoms with E-state index in [0.29, 0.717) is 12.3 Å². The minimum absolute atomic E-state index is 0.196. The number of hydrogen-bond donors (Lipinski definition) is 2. The van der Waals surface area contributed by atoms with Crippen molar-refractivity contribution in [3.63, 3.8) is 0 Å². The van der Waals surface area contributed by atoms with E-state index < -0.39 is 0 Å². The van der Waals surface area contributed by atoms with Crippen LogP contribution in [0.5, 0.6) is 0 Å². The number of hydrogen-bond acceptors (Lipinski definition) is 3. The van der Waals surface area contributed by atoms with Crippen LogP contribution in [0.25, 0.3) is 0 Å². The van der Waals surface area contributed by atoms with Crippen LogP contribution in [0.15, 0.2) is 6.07 Å². The molecule has 4 nitrogen and oxygen atoms in total. The van der Waals surface area contributed by atoms with Crippen molar-refractivity contribution < 1.29 is 5.11 Å². The molecule has 0 spiro atoms. The van der Waals surface area contributed by atoms with Crippen molar-refractivity contribution >= 4 is 0 Å². The predicted octanol–water partition coefficient (Wildman–Crippen LogP) is 0.0318. The van der Waals surface area contributed by atoms with E-state index in [0.717, 1.165) is 18.8 Å². The van der Waals surface area contributed by atoms with E-state index in [1.807, 2.05) is 11.7 Å². The largest absolute Gasteiger partial charge is 0.396 e. The molecule has 2 heterocycles. The monoisotopic (exact) mass is 195 g/mol.